The van der Waals surface area contributed by atoms with E-state index in [1.807, 2.05) is 36.4 Å². The first-order valence-electron chi connectivity index (χ1n) is 7.25. The molecule has 3 rings (SSSR count). The van der Waals surface area contributed by atoms with Crippen LogP contribution in [-0.4, -0.2) is 0 Å². The highest BCUT2D eigenvalue weighted by Gasteiger charge is 2.07. The molecule has 0 saturated carbocycles. The second-order valence-electron chi connectivity index (χ2n) is 5.15. The maximum absolute atomic E-state index is 5.89. The Kier molecular flexibility index (Phi) is 5.82. The van der Waals surface area contributed by atoms with Gasteiger partial charge in [0.25, 0.3) is 0 Å². The minimum absolute atomic E-state index is 0. The van der Waals surface area contributed by atoms with Gasteiger partial charge in [0.15, 0.2) is 0 Å². The van der Waals surface area contributed by atoms with Crippen molar-refractivity contribution < 1.29 is 4.42 Å². The van der Waals surface area contributed by atoms with Gasteiger partial charge in [-0.25, -0.2) is 0 Å². The summed E-state index contributed by atoms with van der Waals surface area (Å²) in [5.74, 6) is 1.87. The fourth-order valence-electron chi connectivity index (χ4n) is 2.34. The zero-order valence-electron chi connectivity index (χ0n) is 12.5. The fourth-order valence-corrected chi connectivity index (χ4v) is 2.34. The normalized spacial score (nSPS) is 11.7. The number of hydrogen-bond acceptors (Lipinski definition) is 2. The molecule has 0 fully saturated rings. The second-order valence-corrected chi connectivity index (χ2v) is 5.15. The van der Waals surface area contributed by atoms with Crippen molar-refractivity contribution in [2.45, 2.75) is 19.5 Å². The van der Waals surface area contributed by atoms with Crippen LogP contribution in [0.2, 0.25) is 0 Å². The molecule has 0 aliphatic carbocycles. The molecule has 3 aromatic rings. The van der Waals surface area contributed by atoms with E-state index in [0.29, 0.717) is 6.04 Å². The van der Waals surface area contributed by atoms with Gasteiger partial charge in [0, 0.05) is 11.6 Å². The summed E-state index contributed by atoms with van der Waals surface area (Å²) >= 11 is 0. The van der Waals surface area contributed by atoms with Gasteiger partial charge in [0.2, 0.25) is 0 Å². The Hall–Kier alpha value is -2.03. The van der Waals surface area contributed by atoms with E-state index in [9.17, 15) is 0 Å². The van der Waals surface area contributed by atoms with E-state index in [4.69, 9.17) is 4.42 Å². The smallest absolute Gasteiger partial charge is 0.134 e. The lowest BCUT2D eigenvalue weighted by atomic mass is 10.1. The van der Waals surface area contributed by atoms with Gasteiger partial charge in [-0.3, -0.25) is 0 Å². The minimum Gasteiger partial charge on any atom is -0.460 e. The molecule has 2 nitrogen and oxygen atoms in total. The highest BCUT2D eigenvalue weighted by atomic mass is 35.5. The lowest BCUT2D eigenvalue weighted by Crippen LogP contribution is -2.17. The van der Waals surface area contributed by atoms with Crippen molar-refractivity contribution >= 4 is 12.4 Å². The molecule has 22 heavy (non-hydrogen) atoms. The van der Waals surface area contributed by atoms with Crippen molar-refractivity contribution in [3.8, 4) is 11.3 Å². The number of hydrogen-bond donors (Lipinski definition) is 1. The summed E-state index contributed by atoms with van der Waals surface area (Å²) in [6, 6.07) is 25.0. The van der Waals surface area contributed by atoms with Crippen molar-refractivity contribution in [2.24, 2.45) is 0 Å². The Morgan fingerprint density at radius 1 is 0.864 bits per heavy atom. The van der Waals surface area contributed by atoms with E-state index in [1.165, 1.54) is 5.56 Å². The SMILES string of the molecule is CC(NCc1ccc(-c2ccccc2)o1)c1ccccc1.Cl. The Labute approximate surface area is 137 Å². The lowest BCUT2D eigenvalue weighted by Gasteiger charge is -2.12. The molecule has 3 heteroatoms. The summed E-state index contributed by atoms with van der Waals surface area (Å²) in [6.07, 6.45) is 0. The number of benzene rings is 2. The van der Waals surface area contributed by atoms with Crippen molar-refractivity contribution in [1.29, 1.82) is 0 Å². The van der Waals surface area contributed by atoms with Crippen LogP contribution >= 0.6 is 12.4 Å². The summed E-state index contributed by atoms with van der Waals surface area (Å²) in [5.41, 5.74) is 2.40. The van der Waals surface area contributed by atoms with E-state index in [1.54, 1.807) is 0 Å². The third-order valence-electron chi connectivity index (χ3n) is 3.60. The van der Waals surface area contributed by atoms with E-state index in [2.05, 4.69) is 48.6 Å². The Morgan fingerprint density at radius 3 is 2.18 bits per heavy atom. The average Bonchev–Trinajstić information content (AvgIpc) is 3.03. The maximum atomic E-state index is 5.89. The number of rotatable bonds is 5. The van der Waals surface area contributed by atoms with Crippen LogP contribution in [0.1, 0.15) is 24.3 Å². The van der Waals surface area contributed by atoms with Crippen molar-refractivity contribution in [2.75, 3.05) is 0 Å². The fraction of sp³-hybridized carbons (Fsp3) is 0.158. The highest BCUT2D eigenvalue weighted by Crippen LogP contribution is 2.22. The monoisotopic (exact) mass is 313 g/mol. The van der Waals surface area contributed by atoms with Gasteiger partial charge in [0.1, 0.15) is 11.5 Å². The molecular weight excluding hydrogens is 294 g/mol. The Morgan fingerprint density at radius 2 is 1.50 bits per heavy atom. The first kappa shape index (κ1) is 16.3. The van der Waals surface area contributed by atoms with Crippen LogP contribution in [0.15, 0.2) is 77.2 Å². The summed E-state index contributed by atoms with van der Waals surface area (Å²) in [6.45, 7) is 2.89. The number of nitrogens with one attached hydrogen (secondary N) is 1. The summed E-state index contributed by atoms with van der Waals surface area (Å²) in [5, 5.41) is 3.49. The number of halogens is 1. The average molecular weight is 314 g/mol. The predicted octanol–water partition coefficient (Wildman–Crippen LogP) is 5.22. The van der Waals surface area contributed by atoms with Crippen molar-refractivity contribution in [3.63, 3.8) is 0 Å². The van der Waals surface area contributed by atoms with Gasteiger partial charge in [-0.05, 0) is 24.6 Å². The van der Waals surface area contributed by atoms with Gasteiger partial charge < -0.3 is 9.73 Å². The summed E-state index contributed by atoms with van der Waals surface area (Å²) in [4.78, 5) is 0. The second kappa shape index (κ2) is 7.83. The first-order chi connectivity index (χ1) is 10.3. The maximum Gasteiger partial charge on any atom is 0.134 e. The molecule has 1 atom stereocenters. The van der Waals surface area contributed by atoms with Crippen molar-refractivity contribution in [1.82, 2.24) is 5.32 Å². The molecule has 0 aliphatic heterocycles. The number of furan rings is 1. The predicted molar refractivity (Wildman–Crippen MR) is 93.1 cm³/mol. The van der Waals surface area contributed by atoms with Crippen LogP contribution in [-0.2, 0) is 6.54 Å². The molecule has 0 spiro atoms. The van der Waals surface area contributed by atoms with Crippen LogP contribution < -0.4 is 5.32 Å². The van der Waals surface area contributed by atoms with E-state index >= 15 is 0 Å². The molecule has 1 aromatic heterocycles. The lowest BCUT2D eigenvalue weighted by molar-refractivity contribution is 0.468. The van der Waals surface area contributed by atoms with E-state index in [-0.39, 0.29) is 12.4 Å². The minimum atomic E-state index is 0. The molecule has 0 amide bonds. The first-order valence-corrected chi connectivity index (χ1v) is 7.25. The van der Waals surface area contributed by atoms with Crippen LogP contribution in [0.5, 0.6) is 0 Å². The molecule has 0 aliphatic rings. The molecular formula is C19H20ClNO. The van der Waals surface area contributed by atoms with Crippen LogP contribution in [0.25, 0.3) is 11.3 Å². The molecule has 0 bridgehead atoms. The third kappa shape index (κ3) is 4.00. The zero-order valence-corrected chi connectivity index (χ0v) is 13.3. The van der Waals surface area contributed by atoms with Gasteiger partial charge in [-0.15, -0.1) is 12.4 Å². The summed E-state index contributed by atoms with van der Waals surface area (Å²) < 4.78 is 5.89. The highest BCUT2D eigenvalue weighted by molar-refractivity contribution is 5.85. The molecule has 114 valence electrons. The Bertz CT molecular complexity index is 679. The Balaban J connectivity index is 0.00000176. The molecule has 1 heterocycles. The quantitative estimate of drug-likeness (QED) is 0.698. The molecule has 0 radical (unpaired) electrons. The van der Waals surface area contributed by atoms with Gasteiger partial charge in [-0.2, -0.15) is 0 Å². The van der Waals surface area contributed by atoms with Gasteiger partial charge >= 0.3 is 0 Å². The largest absolute Gasteiger partial charge is 0.460 e. The van der Waals surface area contributed by atoms with Crippen LogP contribution in [0.4, 0.5) is 0 Å². The van der Waals surface area contributed by atoms with Gasteiger partial charge in [-0.1, -0.05) is 60.7 Å². The van der Waals surface area contributed by atoms with E-state index in [0.717, 1.165) is 23.6 Å². The standard InChI is InChI=1S/C19H19NO.ClH/c1-15(16-8-4-2-5-9-16)20-14-18-12-13-19(21-18)17-10-6-3-7-11-17;/h2-13,15,20H,14H2,1H3;1H. The topological polar surface area (TPSA) is 25.2 Å². The summed E-state index contributed by atoms with van der Waals surface area (Å²) in [7, 11) is 0. The van der Waals surface area contributed by atoms with E-state index < -0.39 is 0 Å². The molecule has 0 saturated heterocycles. The molecule has 2 aromatic carbocycles. The van der Waals surface area contributed by atoms with Gasteiger partial charge in [0.05, 0.1) is 6.54 Å². The zero-order chi connectivity index (χ0) is 14.5. The van der Waals surface area contributed by atoms with Crippen molar-refractivity contribution in [3.05, 3.63) is 84.1 Å². The molecule has 1 unspecified atom stereocenters. The third-order valence-corrected chi connectivity index (χ3v) is 3.60. The molecule has 1 N–H and O–H groups in total. The van der Waals surface area contributed by atoms with Crippen LogP contribution in [0, 0.1) is 0 Å². The van der Waals surface area contributed by atoms with Crippen LogP contribution in [0.3, 0.4) is 0 Å².